The van der Waals surface area contributed by atoms with Crippen molar-refractivity contribution in [2.24, 2.45) is 11.8 Å². The van der Waals surface area contributed by atoms with E-state index in [9.17, 15) is 19.2 Å². The number of likely N-dealkylation sites (tertiary alicyclic amines) is 1. The molecule has 0 aromatic rings. The third-order valence-electron chi connectivity index (χ3n) is 8.52. The van der Waals surface area contributed by atoms with Gasteiger partial charge in [0.15, 0.2) is 0 Å². The third kappa shape index (κ3) is 7.45. The van der Waals surface area contributed by atoms with E-state index in [0.29, 0.717) is 51.7 Å². The van der Waals surface area contributed by atoms with Crippen LogP contribution in [0.25, 0.3) is 0 Å². The average Bonchev–Trinajstić information content (AvgIpc) is 3.55. The zero-order valence-corrected chi connectivity index (χ0v) is 26.7. The van der Waals surface area contributed by atoms with Crippen LogP contribution in [-0.2, 0) is 28.7 Å². The lowest BCUT2D eigenvalue weighted by molar-refractivity contribution is -0.159. The van der Waals surface area contributed by atoms with Gasteiger partial charge in [-0.05, 0) is 39.0 Å². The van der Waals surface area contributed by atoms with Crippen LogP contribution in [0.4, 0.5) is 0 Å². The Balaban J connectivity index is 1.85. The molecule has 1 spiro atoms. The molecule has 0 radical (unpaired) electrons. The van der Waals surface area contributed by atoms with E-state index in [0.717, 1.165) is 25.7 Å². The van der Waals surface area contributed by atoms with Crippen LogP contribution in [-0.4, -0.2) is 100 Å². The molecular formula is C31H48BrN3O7. The minimum absolute atomic E-state index is 0.117. The van der Waals surface area contributed by atoms with E-state index in [1.54, 1.807) is 28.9 Å². The number of halogens is 1. The molecule has 3 amide bonds. The smallest absolute Gasteiger partial charge is 0.312 e. The van der Waals surface area contributed by atoms with Crippen LogP contribution in [0.2, 0.25) is 0 Å². The Morgan fingerprint density at radius 2 is 1.98 bits per heavy atom. The fourth-order valence-electron chi connectivity index (χ4n) is 6.53. The van der Waals surface area contributed by atoms with E-state index in [2.05, 4.69) is 41.3 Å². The first-order valence-corrected chi connectivity index (χ1v) is 16.3. The number of nitrogens with zero attached hydrogens (tertiary/aromatic N) is 2. The number of unbranched alkanes of at least 4 members (excludes halogenated alkanes) is 4. The van der Waals surface area contributed by atoms with Crippen molar-refractivity contribution in [3.63, 3.8) is 0 Å². The van der Waals surface area contributed by atoms with Gasteiger partial charge in [0.1, 0.15) is 17.7 Å². The number of alkyl halides is 1. The van der Waals surface area contributed by atoms with E-state index in [1.165, 1.54) is 0 Å². The molecular weight excluding hydrogens is 606 g/mol. The van der Waals surface area contributed by atoms with Gasteiger partial charge in [-0.3, -0.25) is 19.2 Å². The van der Waals surface area contributed by atoms with Crippen molar-refractivity contribution >= 4 is 39.6 Å². The molecule has 0 saturated carbocycles. The fraction of sp³-hybridized carbons (Fsp3) is 0.742. The summed E-state index contributed by atoms with van der Waals surface area (Å²) >= 11 is 3.69. The molecule has 3 rings (SSSR count). The highest BCUT2D eigenvalue weighted by atomic mass is 79.9. The van der Waals surface area contributed by atoms with Gasteiger partial charge in [0.25, 0.3) is 0 Å². The molecule has 3 fully saturated rings. The number of esters is 1. The summed E-state index contributed by atoms with van der Waals surface area (Å²) in [5.74, 6) is -2.84. The maximum absolute atomic E-state index is 14.2. The van der Waals surface area contributed by atoms with Crippen molar-refractivity contribution in [1.29, 1.82) is 0 Å². The monoisotopic (exact) mass is 653 g/mol. The number of aliphatic hydroxyl groups is 1. The zero-order chi connectivity index (χ0) is 30.9. The number of ether oxygens (including phenoxy) is 2. The molecule has 0 aromatic carbocycles. The van der Waals surface area contributed by atoms with Crippen LogP contribution in [0.1, 0.15) is 71.6 Å². The molecule has 3 aliphatic heterocycles. The van der Waals surface area contributed by atoms with Gasteiger partial charge in [-0.15, -0.1) is 13.2 Å². The van der Waals surface area contributed by atoms with Gasteiger partial charge in [0, 0.05) is 37.5 Å². The second-order valence-corrected chi connectivity index (χ2v) is 12.8. The average molecular weight is 655 g/mol. The van der Waals surface area contributed by atoms with E-state index < -0.39 is 41.7 Å². The summed E-state index contributed by atoms with van der Waals surface area (Å²) < 4.78 is 12.3. The van der Waals surface area contributed by atoms with E-state index >= 15 is 0 Å². The van der Waals surface area contributed by atoms with Gasteiger partial charge in [-0.25, -0.2) is 0 Å². The first-order valence-electron chi connectivity index (χ1n) is 15.4. The van der Waals surface area contributed by atoms with E-state index in [-0.39, 0.29) is 35.7 Å². The van der Waals surface area contributed by atoms with Gasteiger partial charge in [-0.1, -0.05) is 54.3 Å². The predicted octanol–water partition coefficient (Wildman–Crippen LogP) is 3.12. The summed E-state index contributed by atoms with van der Waals surface area (Å²) in [6.07, 6.45) is 8.16. The van der Waals surface area contributed by atoms with Crippen LogP contribution in [0, 0.1) is 11.8 Å². The largest absolute Gasteiger partial charge is 0.460 e. The molecule has 0 aromatic heterocycles. The van der Waals surface area contributed by atoms with Crippen molar-refractivity contribution < 1.29 is 33.8 Å². The van der Waals surface area contributed by atoms with Crippen molar-refractivity contribution in [3.05, 3.63) is 25.3 Å². The molecule has 11 heteroatoms. The van der Waals surface area contributed by atoms with Crippen molar-refractivity contribution in [2.75, 3.05) is 32.8 Å². The van der Waals surface area contributed by atoms with E-state index in [4.69, 9.17) is 14.6 Å². The van der Waals surface area contributed by atoms with Gasteiger partial charge in [0.2, 0.25) is 17.7 Å². The fourth-order valence-corrected chi connectivity index (χ4v) is 7.48. The second-order valence-electron chi connectivity index (χ2n) is 11.6. The van der Waals surface area contributed by atoms with Crippen LogP contribution in [0.3, 0.4) is 0 Å². The standard InChI is InChI=1S/C31H48BrN3O7/c1-5-8-14-23(37)33-20-21(4)41-30(40)24-25-28(38)35(17-12-10-11-13-18-36)27(31(25)19-22(32)26(24)42-31)29(39)34(15-7-3)16-9-6-2/h5,7,21-22,24-27,36H,1,3,6,8-20H2,2,4H3,(H,33,37)/t21-,22?,24+,25-,26+,27+,31-/m0/s1. The molecule has 10 nitrogen and oxygen atoms in total. The van der Waals surface area contributed by atoms with Crippen LogP contribution in [0.5, 0.6) is 0 Å². The Hall–Kier alpha value is -2.24. The summed E-state index contributed by atoms with van der Waals surface area (Å²) in [4.78, 5) is 57.2. The molecule has 2 N–H and O–H groups in total. The molecule has 1 unspecified atom stereocenters. The SMILES string of the molecule is C=CCCC(=O)NC[C@H](C)OC(=O)[C@H]1[C@@H]2O[C@@]3(CC2Br)[C@@H]1C(=O)N(CCCCCCO)[C@@H]3C(=O)N(CC=C)CCCC. The second kappa shape index (κ2) is 16.0. The topological polar surface area (TPSA) is 125 Å². The maximum atomic E-state index is 14.2. The Morgan fingerprint density at radius 1 is 1.24 bits per heavy atom. The zero-order valence-electron chi connectivity index (χ0n) is 25.1. The normalized spacial score (nSPS) is 28.3. The van der Waals surface area contributed by atoms with Crippen LogP contribution < -0.4 is 5.32 Å². The lowest BCUT2D eigenvalue weighted by Gasteiger charge is -2.37. The number of allylic oxidation sites excluding steroid dienone is 1. The number of aliphatic hydroxyl groups excluding tert-OH is 1. The lowest BCUT2D eigenvalue weighted by Crippen LogP contribution is -2.57. The Bertz CT molecular complexity index is 994. The van der Waals surface area contributed by atoms with Crippen LogP contribution >= 0.6 is 15.9 Å². The van der Waals surface area contributed by atoms with Crippen molar-refractivity contribution in [1.82, 2.24) is 15.1 Å². The molecule has 3 saturated heterocycles. The van der Waals surface area contributed by atoms with E-state index in [1.807, 2.05) is 0 Å². The first-order chi connectivity index (χ1) is 20.2. The summed E-state index contributed by atoms with van der Waals surface area (Å²) in [5.41, 5.74) is -1.14. The predicted molar refractivity (Wildman–Crippen MR) is 163 cm³/mol. The number of amides is 3. The van der Waals surface area contributed by atoms with Crippen molar-refractivity contribution in [2.45, 2.75) is 100 Å². The Morgan fingerprint density at radius 3 is 2.64 bits per heavy atom. The third-order valence-corrected chi connectivity index (χ3v) is 9.37. The number of hydrogen-bond acceptors (Lipinski definition) is 7. The molecule has 42 heavy (non-hydrogen) atoms. The minimum atomic E-state index is -1.14. The number of fused-ring (bicyclic) bond motifs is 1. The summed E-state index contributed by atoms with van der Waals surface area (Å²) in [6, 6.07) is -0.853. The Labute approximate surface area is 258 Å². The van der Waals surface area contributed by atoms with Gasteiger partial charge in [-0.2, -0.15) is 0 Å². The van der Waals surface area contributed by atoms with Gasteiger partial charge < -0.3 is 29.7 Å². The molecule has 236 valence electrons. The Kier molecular flexibility index (Phi) is 13.1. The molecule has 3 aliphatic rings. The molecule has 3 heterocycles. The number of nitrogens with one attached hydrogen (secondary N) is 1. The maximum Gasteiger partial charge on any atom is 0.312 e. The molecule has 2 bridgehead atoms. The number of hydrogen-bond donors (Lipinski definition) is 2. The molecule has 7 atom stereocenters. The highest BCUT2D eigenvalue weighted by Gasteiger charge is 2.77. The highest BCUT2D eigenvalue weighted by molar-refractivity contribution is 9.09. The first kappa shape index (κ1) is 34.3. The highest BCUT2D eigenvalue weighted by Crippen LogP contribution is 2.60. The lowest BCUT2D eigenvalue weighted by atomic mass is 9.70. The van der Waals surface area contributed by atoms with Crippen LogP contribution in [0.15, 0.2) is 25.3 Å². The van der Waals surface area contributed by atoms with Crippen molar-refractivity contribution in [3.8, 4) is 0 Å². The minimum Gasteiger partial charge on any atom is -0.460 e. The summed E-state index contributed by atoms with van der Waals surface area (Å²) in [5, 5.41) is 11.9. The quantitative estimate of drug-likeness (QED) is 0.0950. The summed E-state index contributed by atoms with van der Waals surface area (Å²) in [7, 11) is 0. The number of rotatable bonds is 19. The molecule has 0 aliphatic carbocycles. The number of carbonyl (C=O) groups excluding carboxylic acids is 4. The van der Waals surface area contributed by atoms with Gasteiger partial charge in [0.05, 0.1) is 24.5 Å². The van der Waals surface area contributed by atoms with Gasteiger partial charge >= 0.3 is 5.97 Å². The number of carbonyl (C=O) groups is 4. The summed E-state index contributed by atoms with van der Waals surface area (Å²) in [6.45, 7) is 12.7.